The summed E-state index contributed by atoms with van der Waals surface area (Å²) >= 11 is 3.52. The summed E-state index contributed by atoms with van der Waals surface area (Å²) in [7, 11) is 3.25. The molecular weight excluding hydrogens is 420 g/mol. The molecule has 1 aliphatic carbocycles. The van der Waals surface area contributed by atoms with Gasteiger partial charge in [-0.25, -0.2) is 0 Å². The van der Waals surface area contributed by atoms with Crippen molar-refractivity contribution in [2.75, 3.05) is 27.4 Å². The molecule has 2 aliphatic rings. The van der Waals surface area contributed by atoms with E-state index in [-0.39, 0.29) is 17.8 Å². The number of hydrazone groups is 1. The van der Waals surface area contributed by atoms with E-state index in [9.17, 15) is 4.79 Å². The number of carbonyl (C=O) groups excluding carboxylic acids is 1. The second-order valence-corrected chi connectivity index (χ2v) is 8.76. The first-order valence-electron chi connectivity index (χ1n) is 10.3. The molecule has 0 spiro atoms. The van der Waals surface area contributed by atoms with Crippen LogP contribution in [0, 0.1) is 11.8 Å². The molecule has 6 heteroatoms. The lowest BCUT2D eigenvalue weighted by Crippen LogP contribution is -2.32. The fraction of sp³-hybridized carbons (Fsp3) is 0.636. The number of benzene rings is 1. The molecule has 0 radical (unpaired) electrons. The van der Waals surface area contributed by atoms with Gasteiger partial charge in [-0.2, -0.15) is 5.10 Å². The van der Waals surface area contributed by atoms with Crippen LogP contribution in [0.3, 0.4) is 0 Å². The molecule has 1 saturated heterocycles. The minimum atomic E-state index is -0.0710. The summed E-state index contributed by atoms with van der Waals surface area (Å²) in [6.07, 6.45) is 7.29. The van der Waals surface area contributed by atoms with Crippen LogP contribution in [-0.4, -0.2) is 50.1 Å². The minimum Gasteiger partial charge on any atom is -0.469 e. The van der Waals surface area contributed by atoms with E-state index in [1.54, 1.807) is 7.11 Å². The molecule has 5 nitrogen and oxygen atoms in total. The van der Waals surface area contributed by atoms with Crippen molar-refractivity contribution in [1.82, 2.24) is 5.01 Å². The van der Waals surface area contributed by atoms with Crippen molar-refractivity contribution in [3.8, 4) is 0 Å². The number of hydrogen-bond donors (Lipinski definition) is 0. The number of rotatable bonds is 7. The van der Waals surface area contributed by atoms with Crippen molar-refractivity contribution in [2.45, 2.75) is 51.0 Å². The molecule has 1 aromatic rings. The van der Waals surface area contributed by atoms with Crippen molar-refractivity contribution >= 4 is 27.6 Å². The molecule has 0 N–H and O–H groups in total. The predicted molar refractivity (Wildman–Crippen MR) is 114 cm³/mol. The van der Waals surface area contributed by atoms with Crippen LogP contribution >= 0.6 is 15.9 Å². The quantitative estimate of drug-likeness (QED) is 0.448. The Hall–Kier alpha value is -1.40. The maximum atomic E-state index is 12.3. The van der Waals surface area contributed by atoms with E-state index in [0.29, 0.717) is 12.6 Å². The van der Waals surface area contributed by atoms with Crippen molar-refractivity contribution in [3.05, 3.63) is 34.3 Å². The van der Waals surface area contributed by atoms with E-state index in [2.05, 4.69) is 45.2 Å². The lowest BCUT2D eigenvalue weighted by Gasteiger charge is -2.31. The van der Waals surface area contributed by atoms with Gasteiger partial charge in [0.05, 0.1) is 31.4 Å². The molecule has 154 valence electrons. The molecule has 0 amide bonds. The molecule has 3 atom stereocenters. The van der Waals surface area contributed by atoms with Crippen molar-refractivity contribution in [1.29, 1.82) is 0 Å². The van der Waals surface area contributed by atoms with Crippen LogP contribution in [0.25, 0.3) is 0 Å². The first-order chi connectivity index (χ1) is 13.6. The van der Waals surface area contributed by atoms with Gasteiger partial charge in [-0.3, -0.25) is 9.80 Å². The Morgan fingerprint density at radius 1 is 1.14 bits per heavy atom. The van der Waals surface area contributed by atoms with Gasteiger partial charge in [0.25, 0.3) is 0 Å². The summed E-state index contributed by atoms with van der Waals surface area (Å²) in [6, 6.07) is 8.67. The average Bonchev–Trinajstić information content (AvgIpc) is 3.15. The van der Waals surface area contributed by atoms with E-state index in [0.717, 1.165) is 60.8 Å². The number of methoxy groups -OCH3 is 2. The summed E-state index contributed by atoms with van der Waals surface area (Å²) in [5, 5.41) is 7.28. The maximum Gasteiger partial charge on any atom is 0.308 e. The van der Waals surface area contributed by atoms with E-state index in [1.807, 2.05) is 0 Å². The Morgan fingerprint density at radius 2 is 1.89 bits per heavy atom. The van der Waals surface area contributed by atoms with Crippen LogP contribution in [0.1, 0.15) is 50.5 Å². The molecule has 1 heterocycles. The lowest BCUT2D eigenvalue weighted by molar-refractivity contribution is -0.148. The van der Waals surface area contributed by atoms with Crippen LogP contribution in [0.4, 0.5) is 0 Å². The highest BCUT2D eigenvalue weighted by Gasteiger charge is 2.33. The van der Waals surface area contributed by atoms with E-state index < -0.39 is 0 Å². The smallest absolute Gasteiger partial charge is 0.308 e. The van der Waals surface area contributed by atoms with Gasteiger partial charge in [0, 0.05) is 18.1 Å². The predicted octanol–water partition coefficient (Wildman–Crippen LogP) is 4.63. The summed E-state index contributed by atoms with van der Waals surface area (Å²) in [4.78, 5) is 12.3. The van der Waals surface area contributed by atoms with Gasteiger partial charge < -0.3 is 9.47 Å². The van der Waals surface area contributed by atoms with Gasteiger partial charge in [0.1, 0.15) is 0 Å². The van der Waals surface area contributed by atoms with Gasteiger partial charge in [-0.1, -0.05) is 40.9 Å². The zero-order valence-corrected chi connectivity index (χ0v) is 18.5. The molecule has 0 unspecified atom stereocenters. The fourth-order valence-corrected chi connectivity index (χ4v) is 4.75. The zero-order valence-electron chi connectivity index (χ0n) is 16.9. The molecule has 1 aromatic carbocycles. The Kier molecular flexibility index (Phi) is 7.91. The Labute approximate surface area is 176 Å². The number of hydrogen-bond acceptors (Lipinski definition) is 5. The average molecular weight is 451 g/mol. The molecule has 28 heavy (non-hydrogen) atoms. The van der Waals surface area contributed by atoms with E-state index in [1.165, 1.54) is 13.5 Å². The third-order valence-electron chi connectivity index (χ3n) is 6.00. The van der Waals surface area contributed by atoms with Gasteiger partial charge in [-0.15, -0.1) is 0 Å². The Balaban J connectivity index is 1.86. The molecule has 0 aromatic heterocycles. The number of ether oxygens (including phenoxy) is 2. The highest BCUT2D eigenvalue weighted by Crippen LogP contribution is 2.35. The first-order valence-corrected chi connectivity index (χ1v) is 11.1. The van der Waals surface area contributed by atoms with Gasteiger partial charge >= 0.3 is 5.97 Å². The van der Waals surface area contributed by atoms with Crippen LogP contribution in [0.15, 0.2) is 33.8 Å². The van der Waals surface area contributed by atoms with Crippen LogP contribution < -0.4 is 0 Å². The van der Waals surface area contributed by atoms with Crippen molar-refractivity contribution in [3.63, 3.8) is 0 Å². The van der Waals surface area contributed by atoms with Gasteiger partial charge in [0.2, 0.25) is 0 Å². The summed E-state index contributed by atoms with van der Waals surface area (Å²) in [6.45, 7) is 1.66. The standard InChI is InChI=1S/C22H31BrN2O3/c1-27-15-19-7-5-13-25(19)24-21(16-9-11-18(23)12-10-16)14-17-6-3-4-8-20(17)22(26)28-2/h9-12,17,19-20H,3-8,13-15H2,1-2H3/b24-21+/t17-,19+,20+/m1/s1. The van der Waals surface area contributed by atoms with Crippen LogP contribution in [0.2, 0.25) is 0 Å². The van der Waals surface area contributed by atoms with Crippen LogP contribution in [0.5, 0.6) is 0 Å². The van der Waals surface area contributed by atoms with Crippen molar-refractivity contribution in [2.24, 2.45) is 16.9 Å². The molecule has 2 fully saturated rings. The highest BCUT2D eigenvalue weighted by atomic mass is 79.9. The first kappa shape index (κ1) is 21.3. The summed E-state index contributed by atoms with van der Waals surface area (Å²) < 4.78 is 11.5. The highest BCUT2D eigenvalue weighted by molar-refractivity contribution is 9.10. The SMILES string of the molecule is COC[C@@H]1CCCN1/N=C(\C[C@H]1CCCC[C@@H]1C(=O)OC)c1ccc(Br)cc1. The molecule has 1 saturated carbocycles. The minimum absolute atomic E-state index is 0.0206. The monoisotopic (exact) mass is 450 g/mol. The summed E-state index contributed by atoms with van der Waals surface area (Å²) in [5.41, 5.74) is 2.19. The molecular formula is C22H31BrN2O3. The summed E-state index contributed by atoms with van der Waals surface area (Å²) in [5.74, 6) is 0.193. The third kappa shape index (κ3) is 5.35. The van der Waals surface area contributed by atoms with Gasteiger partial charge in [0.15, 0.2) is 0 Å². The Morgan fingerprint density at radius 3 is 2.61 bits per heavy atom. The molecule has 3 rings (SSSR count). The van der Waals surface area contributed by atoms with E-state index >= 15 is 0 Å². The van der Waals surface area contributed by atoms with Gasteiger partial charge in [-0.05, 0) is 55.7 Å². The van der Waals surface area contributed by atoms with Crippen LogP contribution in [-0.2, 0) is 14.3 Å². The number of carbonyl (C=O) groups is 1. The number of nitrogens with zero attached hydrogens (tertiary/aromatic N) is 2. The molecule has 1 aliphatic heterocycles. The number of esters is 1. The molecule has 0 bridgehead atoms. The Bertz CT molecular complexity index is 677. The largest absolute Gasteiger partial charge is 0.469 e. The number of halogens is 1. The maximum absolute atomic E-state index is 12.3. The third-order valence-corrected chi connectivity index (χ3v) is 6.53. The van der Waals surface area contributed by atoms with Crippen molar-refractivity contribution < 1.29 is 14.3 Å². The normalized spacial score (nSPS) is 25.8. The lowest BCUT2D eigenvalue weighted by atomic mass is 9.76. The second-order valence-electron chi connectivity index (χ2n) is 7.85. The van der Waals surface area contributed by atoms with E-state index in [4.69, 9.17) is 14.6 Å². The second kappa shape index (κ2) is 10.4. The zero-order chi connectivity index (χ0) is 19.9. The topological polar surface area (TPSA) is 51.1 Å². The fourth-order valence-electron chi connectivity index (χ4n) is 4.49.